The molecule has 6 N–H and O–H groups in total. The highest BCUT2D eigenvalue weighted by Gasteiger charge is 2.44. The highest BCUT2D eigenvalue weighted by Crippen LogP contribution is 2.34. The number of hydrogen-bond acceptors (Lipinski definition) is 8. The second kappa shape index (κ2) is 12.0. The van der Waals surface area contributed by atoms with E-state index >= 15 is 0 Å². The zero-order valence-electron chi connectivity index (χ0n) is 19.5. The number of aliphatic hydroxyl groups excluding tert-OH is 5. The zero-order chi connectivity index (χ0) is 24.9. The molecule has 192 valence electrons. The van der Waals surface area contributed by atoms with Gasteiger partial charge in [0, 0.05) is 17.6 Å². The molecule has 2 aromatic carbocycles. The maximum Gasteiger partial charge on any atom is 0.119 e. The van der Waals surface area contributed by atoms with Crippen LogP contribution >= 0.6 is 11.6 Å². The number of hydrogen-bond donors (Lipinski definition) is 6. The van der Waals surface area contributed by atoms with E-state index in [2.05, 4.69) is 5.32 Å². The van der Waals surface area contributed by atoms with E-state index in [1.54, 1.807) is 18.2 Å². The average molecular weight is 508 g/mol. The summed E-state index contributed by atoms with van der Waals surface area (Å²) in [5.41, 5.74) is 2.37. The molecule has 0 bridgehead atoms. The standard InChI is InChI=1S/C26H34ClNO7/c27-21-9-6-16(26-25(33)24(32)23(31)22(13-29)35-26)11-17(21)10-15-4-7-20(8-5-15)34-14-19(30)12-28-18-2-1-3-18/h4-9,11,18-19,22-26,28-33H,1-3,10,12-14H2/t19-,22+,23+,24-,25+,26-/m0/s1. The van der Waals surface area contributed by atoms with Crippen LogP contribution < -0.4 is 10.1 Å². The summed E-state index contributed by atoms with van der Waals surface area (Å²) in [6, 6.07) is 13.2. The number of benzene rings is 2. The van der Waals surface area contributed by atoms with E-state index in [0.29, 0.717) is 35.3 Å². The van der Waals surface area contributed by atoms with Crippen LogP contribution in [0.15, 0.2) is 42.5 Å². The van der Waals surface area contributed by atoms with E-state index < -0.39 is 43.2 Å². The molecule has 0 unspecified atom stereocenters. The Morgan fingerprint density at radius 1 is 1.03 bits per heavy atom. The maximum absolute atomic E-state index is 10.4. The summed E-state index contributed by atoms with van der Waals surface area (Å²) < 4.78 is 11.4. The molecule has 9 heteroatoms. The monoisotopic (exact) mass is 507 g/mol. The van der Waals surface area contributed by atoms with Crippen LogP contribution in [0.5, 0.6) is 5.75 Å². The van der Waals surface area contributed by atoms with Crippen LogP contribution in [0, 0.1) is 0 Å². The Hall–Kier alpha value is -1.75. The van der Waals surface area contributed by atoms with Gasteiger partial charge in [-0.3, -0.25) is 0 Å². The summed E-state index contributed by atoms with van der Waals surface area (Å²) in [4.78, 5) is 0. The molecule has 1 heterocycles. The Kier molecular flexibility index (Phi) is 9.02. The first-order valence-electron chi connectivity index (χ1n) is 12.1. The first-order valence-corrected chi connectivity index (χ1v) is 12.5. The van der Waals surface area contributed by atoms with Gasteiger partial charge in [0.2, 0.25) is 0 Å². The number of aliphatic hydroxyl groups is 5. The molecule has 2 fully saturated rings. The van der Waals surface area contributed by atoms with Gasteiger partial charge in [-0.2, -0.15) is 0 Å². The lowest BCUT2D eigenvalue weighted by atomic mass is 9.90. The highest BCUT2D eigenvalue weighted by atomic mass is 35.5. The van der Waals surface area contributed by atoms with E-state index in [0.717, 1.165) is 11.1 Å². The zero-order valence-corrected chi connectivity index (χ0v) is 20.2. The Labute approximate surface area is 210 Å². The van der Waals surface area contributed by atoms with Crippen molar-refractivity contribution < 1.29 is 35.0 Å². The van der Waals surface area contributed by atoms with E-state index in [1.807, 2.05) is 24.3 Å². The smallest absolute Gasteiger partial charge is 0.119 e. The van der Waals surface area contributed by atoms with Crippen molar-refractivity contribution in [3.63, 3.8) is 0 Å². The van der Waals surface area contributed by atoms with Gasteiger partial charge in [0.15, 0.2) is 0 Å². The molecule has 6 atom stereocenters. The Bertz CT molecular complexity index is 953. The van der Waals surface area contributed by atoms with Crippen molar-refractivity contribution in [1.82, 2.24) is 5.32 Å². The average Bonchev–Trinajstić information content (AvgIpc) is 2.83. The van der Waals surface area contributed by atoms with E-state index in [1.165, 1.54) is 19.3 Å². The second-order valence-electron chi connectivity index (χ2n) is 9.42. The van der Waals surface area contributed by atoms with Crippen molar-refractivity contribution in [2.24, 2.45) is 0 Å². The summed E-state index contributed by atoms with van der Waals surface area (Å²) in [6.07, 6.45) is -2.55. The topological polar surface area (TPSA) is 132 Å². The summed E-state index contributed by atoms with van der Waals surface area (Å²) >= 11 is 6.42. The molecule has 0 radical (unpaired) electrons. The molecule has 0 spiro atoms. The van der Waals surface area contributed by atoms with Gasteiger partial charge in [0.1, 0.15) is 49.0 Å². The number of ether oxygens (including phenoxy) is 2. The number of rotatable bonds is 10. The molecular formula is C26H34ClNO7. The van der Waals surface area contributed by atoms with Crippen molar-refractivity contribution in [2.75, 3.05) is 19.8 Å². The number of nitrogens with one attached hydrogen (secondary N) is 1. The molecule has 1 saturated heterocycles. The van der Waals surface area contributed by atoms with Crippen LogP contribution in [-0.4, -0.2) is 81.9 Å². The SMILES string of the molecule is OC[C@H]1O[C@@H](c2ccc(Cl)c(Cc3ccc(OC[C@@H](O)CNC4CCC4)cc3)c2)[C@H](O)[C@@H](O)[C@@H]1O. The van der Waals surface area contributed by atoms with E-state index in [-0.39, 0.29) is 6.61 Å². The van der Waals surface area contributed by atoms with Crippen LogP contribution in [0.1, 0.15) is 42.1 Å². The molecule has 0 amide bonds. The highest BCUT2D eigenvalue weighted by molar-refractivity contribution is 6.31. The maximum atomic E-state index is 10.4. The van der Waals surface area contributed by atoms with Crippen LogP contribution in [0.3, 0.4) is 0 Å². The third kappa shape index (κ3) is 6.53. The van der Waals surface area contributed by atoms with Crippen molar-refractivity contribution in [1.29, 1.82) is 0 Å². The lowest BCUT2D eigenvalue weighted by molar-refractivity contribution is -0.231. The molecule has 1 aliphatic heterocycles. The largest absolute Gasteiger partial charge is 0.491 e. The van der Waals surface area contributed by atoms with Gasteiger partial charge >= 0.3 is 0 Å². The Balaban J connectivity index is 1.36. The van der Waals surface area contributed by atoms with Crippen molar-refractivity contribution in [3.8, 4) is 5.75 Å². The van der Waals surface area contributed by atoms with Crippen LogP contribution in [0.4, 0.5) is 0 Å². The molecule has 35 heavy (non-hydrogen) atoms. The number of halogens is 1. The van der Waals surface area contributed by atoms with Gasteiger partial charge in [-0.15, -0.1) is 0 Å². The summed E-state index contributed by atoms with van der Waals surface area (Å²) in [5, 5.41) is 54.0. The van der Waals surface area contributed by atoms with Crippen molar-refractivity contribution in [3.05, 3.63) is 64.2 Å². The quantitative estimate of drug-likeness (QED) is 0.284. The third-order valence-electron chi connectivity index (χ3n) is 6.80. The molecule has 8 nitrogen and oxygen atoms in total. The van der Waals surface area contributed by atoms with E-state index in [4.69, 9.17) is 21.1 Å². The molecule has 1 aliphatic carbocycles. The molecule has 4 rings (SSSR count). The lowest BCUT2D eigenvalue weighted by Gasteiger charge is -2.40. The second-order valence-corrected chi connectivity index (χ2v) is 9.83. The van der Waals surface area contributed by atoms with Crippen molar-refractivity contribution in [2.45, 2.75) is 68.3 Å². The third-order valence-corrected chi connectivity index (χ3v) is 7.17. The minimum atomic E-state index is -1.44. The predicted molar refractivity (Wildman–Crippen MR) is 131 cm³/mol. The normalized spacial score (nSPS) is 27.9. The van der Waals surface area contributed by atoms with Crippen molar-refractivity contribution >= 4 is 11.6 Å². The van der Waals surface area contributed by atoms with Crippen LogP contribution in [0.2, 0.25) is 5.02 Å². The molecular weight excluding hydrogens is 474 g/mol. The van der Waals surface area contributed by atoms with E-state index in [9.17, 15) is 25.5 Å². The summed E-state index contributed by atoms with van der Waals surface area (Å²) in [7, 11) is 0. The fraction of sp³-hybridized carbons (Fsp3) is 0.538. The van der Waals surface area contributed by atoms with Crippen LogP contribution in [0.25, 0.3) is 0 Å². The molecule has 1 saturated carbocycles. The van der Waals surface area contributed by atoms with Gasteiger partial charge in [-0.25, -0.2) is 0 Å². The molecule has 2 aromatic rings. The Morgan fingerprint density at radius 2 is 1.77 bits per heavy atom. The van der Waals surface area contributed by atoms with Crippen LogP contribution in [-0.2, 0) is 11.2 Å². The minimum absolute atomic E-state index is 0.214. The van der Waals surface area contributed by atoms with Gasteiger partial charge in [0.25, 0.3) is 0 Å². The predicted octanol–water partition coefficient (Wildman–Crippen LogP) is 1.33. The van der Waals surface area contributed by atoms with Gasteiger partial charge in [-0.05, 0) is 54.2 Å². The Morgan fingerprint density at radius 3 is 2.43 bits per heavy atom. The first kappa shape index (κ1) is 26.3. The molecule has 0 aromatic heterocycles. The van der Waals surface area contributed by atoms with Gasteiger partial charge < -0.3 is 40.3 Å². The fourth-order valence-corrected chi connectivity index (χ4v) is 4.56. The summed E-state index contributed by atoms with van der Waals surface area (Å²) in [6.45, 7) is 0.252. The van der Waals surface area contributed by atoms with Gasteiger partial charge in [0.05, 0.1) is 6.61 Å². The summed E-state index contributed by atoms with van der Waals surface area (Å²) in [5.74, 6) is 0.664. The first-order chi connectivity index (χ1) is 16.9. The minimum Gasteiger partial charge on any atom is -0.491 e. The van der Waals surface area contributed by atoms with Gasteiger partial charge in [-0.1, -0.05) is 42.3 Å². The fourth-order valence-electron chi connectivity index (χ4n) is 4.37. The molecule has 2 aliphatic rings. The lowest BCUT2D eigenvalue weighted by Crippen LogP contribution is -2.55.